The molecular formula is C19H19N3O4S. The van der Waals surface area contributed by atoms with Crippen molar-refractivity contribution in [1.82, 2.24) is 10.2 Å². The van der Waals surface area contributed by atoms with Crippen molar-refractivity contribution in [3.63, 3.8) is 0 Å². The minimum Gasteiger partial charge on any atom is -0.407 e. The minimum absolute atomic E-state index is 0.0827. The zero-order valence-corrected chi connectivity index (χ0v) is 15.8. The SMILES string of the molecule is Cc1ccc(CC(=O)Nc2nnc(CS(=O)(=O)c3ccccc3)o2)c(C)c1. The average molecular weight is 385 g/mol. The zero-order valence-electron chi connectivity index (χ0n) is 15.0. The summed E-state index contributed by atoms with van der Waals surface area (Å²) in [5.41, 5.74) is 3.03. The Bertz CT molecular complexity index is 1060. The lowest BCUT2D eigenvalue weighted by molar-refractivity contribution is -0.115. The van der Waals surface area contributed by atoms with Gasteiger partial charge >= 0.3 is 6.01 Å². The maximum atomic E-state index is 12.3. The topological polar surface area (TPSA) is 102 Å². The van der Waals surface area contributed by atoms with Crippen LogP contribution in [-0.4, -0.2) is 24.5 Å². The summed E-state index contributed by atoms with van der Waals surface area (Å²) in [5.74, 6) is -0.833. The van der Waals surface area contributed by atoms with Crippen LogP contribution in [0.3, 0.4) is 0 Å². The highest BCUT2D eigenvalue weighted by Crippen LogP contribution is 2.17. The Hall–Kier alpha value is -3.00. The average Bonchev–Trinajstić information content (AvgIpc) is 3.04. The van der Waals surface area contributed by atoms with Crippen LogP contribution in [0.2, 0.25) is 0 Å². The highest BCUT2D eigenvalue weighted by molar-refractivity contribution is 7.90. The first-order valence-electron chi connectivity index (χ1n) is 8.30. The lowest BCUT2D eigenvalue weighted by Gasteiger charge is -2.06. The molecule has 0 aliphatic rings. The van der Waals surface area contributed by atoms with Crippen LogP contribution in [-0.2, 0) is 26.8 Å². The molecule has 0 saturated heterocycles. The number of hydrogen-bond donors (Lipinski definition) is 1. The molecule has 0 aliphatic heterocycles. The van der Waals surface area contributed by atoms with E-state index in [1.54, 1.807) is 18.2 Å². The molecule has 27 heavy (non-hydrogen) atoms. The molecule has 0 saturated carbocycles. The molecule has 0 atom stereocenters. The van der Waals surface area contributed by atoms with Gasteiger partial charge in [-0.3, -0.25) is 10.1 Å². The molecule has 0 spiro atoms. The van der Waals surface area contributed by atoms with Gasteiger partial charge in [-0.15, -0.1) is 5.10 Å². The smallest absolute Gasteiger partial charge is 0.322 e. The number of hydrogen-bond acceptors (Lipinski definition) is 6. The Morgan fingerprint density at radius 1 is 1.07 bits per heavy atom. The fraction of sp³-hybridized carbons (Fsp3) is 0.211. The van der Waals surface area contributed by atoms with Crippen LogP contribution in [0.4, 0.5) is 6.01 Å². The summed E-state index contributed by atoms with van der Waals surface area (Å²) >= 11 is 0. The van der Waals surface area contributed by atoms with E-state index in [0.717, 1.165) is 16.7 Å². The Kier molecular flexibility index (Phi) is 5.36. The molecule has 0 bridgehead atoms. The number of amides is 1. The molecule has 0 radical (unpaired) electrons. The van der Waals surface area contributed by atoms with Crippen molar-refractivity contribution in [2.75, 3.05) is 5.32 Å². The van der Waals surface area contributed by atoms with Crippen molar-refractivity contribution in [3.05, 3.63) is 71.1 Å². The normalized spacial score (nSPS) is 11.3. The van der Waals surface area contributed by atoms with Gasteiger partial charge < -0.3 is 4.42 Å². The number of carbonyl (C=O) groups excluding carboxylic acids is 1. The molecule has 8 heteroatoms. The Balaban J connectivity index is 1.65. The minimum atomic E-state index is -3.60. The van der Waals surface area contributed by atoms with E-state index in [1.165, 1.54) is 12.1 Å². The third kappa shape index (κ3) is 4.79. The molecule has 2 aromatic carbocycles. The van der Waals surface area contributed by atoms with Crippen LogP contribution in [0.25, 0.3) is 0 Å². The van der Waals surface area contributed by atoms with Gasteiger partial charge in [0.15, 0.2) is 9.84 Å². The number of anilines is 1. The van der Waals surface area contributed by atoms with Crippen molar-refractivity contribution in [1.29, 1.82) is 0 Å². The van der Waals surface area contributed by atoms with Crippen LogP contribution in [0.15, 0.2) is 57.8 Å². The van der Waals surface area contributed by atoms with Gasteiger partial charge in [0, 0.05) is 0 Å². The molecular weight excluding hydrogens is 366 g/mol. The first-order valence-corrected chi connectivity index (χ1v) is 9.95. The third-order valence-electron chi connectivity index (χ3n) is 3.98. The number of aromatic nitrogens is 2. The number of sulfone groups is 1. The van der Waals surface area contributed by atoms with E-state index in [9.17, 15) is 13.2 Å². The highest BCUT2D eigenvalue weighted by atomic mass is 32.2. The van der Waals surface area contributed by atoms with Gasteiger partial charge in [0.25, 0.3) is 0 Å². The molecule has 1 N–H and O–H groups in total. The summed E-state index contributed by atoms with van der Waals surface area (Å²) in [6, 6.07) is 13.7. The van der Waals surface area contributed by atoms with E-state index >= 15 is 0 Å². The first-order chi connectivity index (χ1) is 12.8. The largest absolute Gasteiger partial charge is 0.407 e. The Morgan fingerprint density at radius 3 is 2.52 bits per heavy atom. The summed E-state index contributed by atoms with van der Waals surface area (Å²) in [7, 11) is -3.60. The first kappa shape index (κ1) is 18.8. The molecule has 0 aliphatic carbocycles. The third-order valence-corrected chi connectivity index (χ3v) is 5.60. The van der Waals surface area contributed by atoms with E-state index in [0.29, 0.717) is 0 Å². The summed E-state index contributed by atoms with van der Waals surface area (Å²) < 4.78 is 29.9. The summed E-state index contributed by atoms with van der Waals surface area (Å²) in [6.07, 6.45) is 0.159. The van der Waals surface area contributed by atoms with E-state index in [-0.39, 0.29) is 29.1 Å². The van der Waals surface area contributed by atoms with Gasteiger partial charge in [0.2, 0.25) is 11.8 Å². The zero-order chi connectivity index (χ0) is 19.4. The van der Waals surface area contributed by atoms with Gasteiger partial charge in [-0.1, -0.05) is 47.1 Å². The van der Waals surface area contributed by atoms with Crippen LogP contribution >= 0.6 is 0 Å². The van der Waals surface area contributed by atoms with E-state index in [1.807, 2.05) is 32.0 Å². The number of carbonyl (C=O) groups is 1. The number of aryl methyl sites for hydroxylation is 2. The Labute approximate surface area is 157 Å². The number of nitrogens with one attached hydrogen (secondary N) is 1. The molecule has 3 rings (SSSR count). The van der Waals surface area contributed by atoms with Gasteiger partial charge in [-0.05, 0) is 37.1 Å². The summed E-state index contributed by atoms with van der Waals surface area (Å²) in [5, 5.41) is 9.91. The number of rotatable bonds is 6. The predicted octanol–water partition coefficient (Wildman–Crippen LogP) is 2.84. The Morgan fingerprint density at radius 2 is 1.81 bits per heavy atom. The lowest BCUT2D eigenvalue weighted by atomic mass is 10.0. The van der Waals surface area contributed by atoms with E-state index in [2.05, 4.69) is 15.5 Å². The van der Waals surface area contributed by atoms with Gasteiger partial charge in [0.1, 0.15) is 5.75 Å². The maximum Gasteiger partial charge on any atom is 0.322 e. The second-order valence-electron chi connectivity index (χ2n) is 6.23. The second kappa shape index (κ2) is 7.71. The van der Waals surface area contributed by atoms with E-state index < -0.39 is 15.6 Å². The molecule has 140 valence electrons. The van der Waals surface area contributed by atoms with Gasteiger partial charge in [-0.2, -0.15) is 0 Å². The molecule has 7 nitrogen and oxygen atoms in total. The fourth-order valence-corrected chi connectivity index (χ4v) is 3.80. The maximum absolute atomic E-state index is 12.3. The quantitative estimate of drug-likeness (QED) is 0.700. The van der Waals surface area contributed by atoms with Crippen molar-refractivity contribution in [2.45, 2.75) is 30.9 Å². The molecule has 0 fully saturated rings. The highest BCUT2D eigenvalue weighted by Gasteiger charge is 2.20. The molecule has 0 unspecified atom stereocenters. The van der Waals surface area contributed by atoms with Gasteiger partial charge in [0.05, 0.1) is 11.3 Å². The van der Waals surface area contributed by atoms with Crippen molar-refractivity contribution >= 4 is 21.8 Å². The monoisotopic (exact) mass is 385 g/mol. The van der Waals surface area contributed by atoms with Crippen molar-refractivity contribution < 1.29 is 17.6 Å². The van der Waals surface area contributed by atoms with Crippen LogP contribution in [0.1, 0.15) is 22.6 Å². The molecule has 1 amide bonds. The lowest BCUT2D eigenvalue weighted by Crippen LogP contribution is -2.15. The predicted molar refractivity (Wildman–Crippen MR) is 99.9 cm³/mol. The summed E-state index contributed by atoms with van der Waals surface area (Å²) in [4.78, 5) is 12.3. The molecule has 1 heterocycles. The van der Waals surface area contributed by atoms with Crippen LogP contribution < -0.4 is 5.32 Å². The standard InChI is InChI=1S/C19H19N3O4S/c1-13-8-9-15(14(2)10-13)11-17(23)20-19-22-21-18(26-19)12-27(24,25)16-6-4-3-5-7-16/h3-10H,11-12H2,1-2H3,(H,20,22,23). The molecule has 1 aromatic heterocycles. The van der Waals surface area contributed by atoms with E-state index in [4.69, 9.17) is 4.42 Å². The van der Waals surface area contributed by atoms with Gasteiger partial charge in [-0.25, -0.2) is 8.42 Å². The van der Waals surface area contributed by atoms with Crippen LogP contribution in [0.5, 0.6) is 0 Å². The molecule has 3 aromatic rings. The summed E-state index contributed by atoms with van der Waals surface area (Å²) in [6.45, 7) is 3.93. The number of nitrogens with zero attached hydrogens (tertiary/aromatic N) is 2. The fourth-order valence-electron chi connectivity index (χ4n) is 2.62. The van der Waals surface area contributed by atoms with Crippen molar-refractivity contribution in [2.24, 2.45) is 0 Å². The van der Waals surface area contributed by atoms with Crippen LogP contribution in [0, 0.1) is 13.8 Å². The van der Waals surface area contributed by atoms with Crippen molar-refractivity contribution in [3.8, 4) is 0 Å². The number of benzene rings is 2. The second-order valence-corrected chi connectivity index (χ2v) is 8.22.